The van der Waals surface area contributed by atoms with E-state index in [9.17, 15) is 5.11 Å². The number of allylic oxidation sites excluding steroid dienone is 5. The van der Waals surface area contributed by atoms with E-state index < -0.39 is 6.10 Å². The minimum absolute atomic E-state index is 0.548. The lowest BCUT2D eigenvalue weighted by Gasteiger charge is -2.12. The Morgan fingerprint density at radius 1 is 1.07 bits per heavy atom. The number of furan rings is 1. The standard InChI is InChI=1S/C25H32O5/c1-19(14-15-21(26)22-13-10-16-30-22)11-8-6-5-7-9-12-20-17-23(27-2)25(29-4)24(18-20)28-3/h6,8-13,16-18,21,26H,5,7,14-15H2,1-4H3/b8-6?,12-9-,19-11?. The maximum Gasteiger partial charge on any atom is 0.203 e. The highest BCUT2D eigenvalue weighted by Crippen LogP contribution is 2.38. The van der Waals surface area contributed by atoms with E-state index in [0.717, 1.165) is 24.8 Å². The van der Waals surface area contributed by atoms with Gasteiger partial charge >= 0.3 is 0 Å². The number of benzene rings is 1. The Kier molecular flexibility index (Phi) is 9.81. The molecule has 0 amide bonds. The van der Waals surface area contributed by atoms with Crippen LogP contribution in [0.25, 0.3) is 6.08 Å². The lowest BCUT2D eigenvalue weighted by atomic mass is 10.1. The van der Waals surface area contributed by atoms with Crippen molar-refractivity contribution in [3.63, 3.8) is 0 Å². The molecule has 162 valence electrons. The first-order chi connectivity index (χ1) is 14.6. The van der Waals surface area contributed by atoms with Crippen molar-refractivity contribution in [1.29, 1.82) is 0 Å². The highest BCUT2D eigenvalue weighted by Gasteiger charge is 2.12. The molecule has 1 unspecified atom stereocenters. The first-order valence-corrected chi connectivity index (χ1v) is 10.1. The summed E-state index contributed by atoms with van der Waals surface area (Å²) in [4.78, 5) is 0. The molecule has 0 fully saturated rings. The Morgan fingerprint density at radius 3 is 2.37 bits per heavy atom. The van der Waals surface area contributed by atoms with Crippen molar-refractivity contribution in [2.75, 3.05) is 21.3 Å². The van der Waals surface area contributed by atoms with Crippen molar-refractivity contribution in [2.45, 2.75) is 38.7 Å². The van der Waals surface area contributed by atoms with Gasteiger partial charge in [0.25, 0.3) is 0 Å². The molecule has 1 N–H and O–H groups in total. The van der Waals surface area contributed by atoms with E-state index in [1.165, 1.54) is 5.57 Å². The number of aliphatic hydroxyl groups excluding tert-OH is 1. The monoisotopic (exact) mass is 412 g/mol. The van der Waals surface area contributed by atoms with Gasteiger partial charge in [-0.05, 0) is 62.4 Å². The number of ether oxygens (including phenoxy) is 3. The number of methoxy groups -OCH3 is 3. The summed E-state index contributed by atoms with van der Waals surface area (Å²) < 4.78 is 21.3. The molecule has 2 rings (SSSR count). The van der Waals surface area contributed by atoms with Gasteiger partial charge in [0.15, 0.2) is 11.5 Å². The minimum Gasteiger partial charge on any atom is -0.493 e. The van der Waals surface area contributed by atoms with Gasteiger partial charge in [-0.2, -0.15) is 0 Å². The summed E-state index contributed by atoms with van der Waals surface area (Å²) in [7, 11) is 4.82. The molecule has 0 spiro atoms. The second-order valence-electron chi connectivity index (χ2n) is 6.95. The van der Waals surface area contributed by atoms with Gasteiger partial charge < -0.3 is 23.7 Å². The van der Waals surface area contributed by atoms with E-state index in [2.05, 4.69) is 37.3 Å². The fourth-order valence-electron chi connectivity index (χ4n) is 3.01. The van der Waals surface area contributed by atoms with Gasteiger partial charge in [0, 0.05) is 0 Å². The Morgan fingerprint density at radius 2 is 1.77 bits per heavy atom. The number of rotatable bonds is 12. The summed E-state index contributed by atoms with van der Waals surface area (Å²) in [5, 5.41) is 10.0. The van der Waals surface area contributed by atoms with Gasteiger partial charge in [0.1, 0.15) is 11.9 Å². The smallest absolute Gasteiger partial charge is 0.203 e. The number of aliphatic hydroxyl groups is 1. The van der Waals surface area contributed by atoms with Gasteiger partial charge in [-0.3, -0.25) is 0 Å². The van der Waals surface area contributed by atoms with Crippen LogP contribution in [0.4, 0.5) is 0 Å². The van der Waals surface area contributed by atoms with Crippen molar-refractivity contribution < 1.29 is 23.7 Å². The maximum absolute atomic E-state index is 10.0. The largest absolute Gasteiger partial charge is 0.493 e. The molecule has 1 aromatic heterocycles. The SMILES string of the molecule is COc1cc(/C=C\CCC=CC=C(C)CCC(O)c2ccco2)cc(OC)c1OC. The van der Waals surface area contributed by atoms with E-state index in [1.807, 2.05) is 12.1 Å². The van der Waals surface area contributed by atoms with E-state index in [4.69, 9.17) is 18.6 Å². The van der Waals surface area contributed by atoms with Gasteiger partial charge in [0.2, 0.25) is 5.75 Å². The van der Waals surface area contributed by atoms with Crippen LogP contribution in [0.1, 0.15) is 50.0 Å². The fraction of sp³-hybridized carbons (Fsp3) is 0.360. The van der Waals surface area contributed by atoms with Crippen molar-refractivity contribution in [3.05, 3.63) is 71.7 Å². The normalized spacial score (nSPS) is 13.2. The molecule has 0 saturated heterocycles. The minimum atomic E-state index is -0.548. The van der Waals surface area contributed by atoms with Crippen molar-refractivity contribution >= 4 is 6.08 Å². The first-order valence-electron chi connectivity index (χ1n) is 10.1. The molecule has 0 saturated carbocycles. The van der Waals surface area contributed by atoms with Gasteiger partial charge in [-0.25, -0.2) is 0 Å². The average Bonchev–Trinajstić information content (AvgIpc) is 3.31. The topological polar surface area (TPSA) is 61.1 Å². The second kappa shape index (κ2) is 12.6. The Balaban J connectivity index is 1.78. The highest BCUT2D eigenvalue weighted by molar-refractivity contribution is 5.62. The second-order valence-corrected chi connectivity index (χ2v) is 6.95. The first kappa shape index (κ1) is 23.4. The Labute approximate surface area is 179 Å². The van der Waals surface area contributed by atoms with Gasteiger partial charge in [-0.15, -0.1) is 0 Å². The van der Waals surface area contributed by atoms with E-state index in [0.29, 0.717) is 29.4 Å². The van der Waals surface area contributed by atoms with Crippen LogP contribution in [0, 0.1) is 0 Å². The third kappa shape index (κ3) is 7.16. The average molecular weight is 413 g/mol. The molecule has 2 aromatic rings. The molecule has 0 radical (unpaired) electrons. The Bertz CT molecular complexity index is 821. The Hall–Kier alpha value is -2.92. The molecular weight excluding hydrogens is 380 g/mol. The predicted molar refractivity (Wildman–Crippen MR) is 120 cm³/mol. The number of hydrogen-bond donors (Lipinski definition) is 1. The zero-order valence-corrected chi connectivity index (χ0v) is 18.3. The van der Waals surface area contributed by atoms with Crippen LogP contribution >= 0.6 is 0 Å². The summed E-state index contributed by atoms with van der Waals surface area (Å²) >= 11 is 0. The zero-order chi connectivity index (χ0) is 21.8. The van der Waals surface area contributed by atoms with Crippen LogP contribution in [0.5, 0.6) is 17.2 Å². The third-order valence-corrected chi connectivity index (χ3v) is 4.70. The molecule has 0 aliphatic rings. The van der Waals surface area contributed by atoms with Crippen molar-refractivity contribution in [1.82, 2.24) is 0 Å². The summed E-state index contributed by atoms with van der Waals surface area (Å²) in [6.45, 7) is 2.07. The molecule has 0 aliphatic carbocycles. The van der Waals surface area contributed by atoms with Crippen LogP contribution in [-0.2, 0) is 0 Å². The van der Waals surface area contributed by atoms with Crippen LogP contribution < -0.4 is 14.2 Å². The van der Waals surface area contributed by atoms with Crippen LogP contribution in [-0.4, -0.2) is 26.4 Å². The quantitative estimate of drug-likeness (QED) is 0.336. The number of hydrogen-bond acceptors (Lipinski definition) is 5. The fourth-order valence-corrected chi connectivity index (χ4v) is 3.01. The van der Waals surface area contributed by atoms with Crippen LogP contribution in [0.3, 0.4) is 0 Å². The van der Waals surface area contributed by atoms with Gasteiger partial charge in [-0.1, -0.05) is 36.0 Å². The molecule has 1 atom stereocenters. The predicted octanol–water partition coefficient (Wildman–Crippen LogP) is 6.12. The lowest BCUT2D eigenvalue weighted by molar-refractivity contribution is 0.140. The maximum atomic E-state index is 10.0. The molecule has 30 heavy (non-hydrogen) atoms. The molecule has 0 bridgehead atoms. The summed E-state index contributed by atoms with van der Waals surface area (Å²) in [5.74, 6) is 2.51. The summed E-state index contributed by atoms with van der Waals surface area (Å²) in [6, 6.07) is 7.45. The molecular formula is C25H32O5. The van der Waals surface area contributed by atoms with Crippen molar-refractivity contribution in [2.24, 2.45) is 0 Å². The molecule has 5 heteroatoms. The van der Waals surface area contributed by atoms with E-state index >= 15 is 0 Å². The van der Waals surface area contributed by atoms with Crippen molar-refractivity contribution in [3.8, 4) is 17.2 Å². The zero-order valence-electron chi connectivity index (χ0n) is 18.3. The molecule has 1 aromatic carbocycles. The van der Waals surface area contributed by atoms with Gasteiger partial charge in [0.05, 0.1) is 27.6 Å². The molecule has 1 heterocycles. The van der Waals surface area contributed by atoms with E-state index in [1.54, 1.807) is 39.7 Å². The van der Waals surface area contributed by atoms with E-state index in [-0.39, 0.29) is 0 Å². The third-order valence-electron chi connectivity index (χ3n) is 4.70. The molecule has 5 nitrogen and oxygen atoms in total. The lowest BCUT2D eigenvalue weighted by Crippen LogP contribution is -1.95. The van der Waals surface area contributed by atoms with Crippen LogP contribution in [0.15, 0.2) is 64.8 Å². The summed E-state index contributed by atoms with van der Waals surface area (Å²) in [5.41, 5.74) is 2.23. The van der Waals surface area contributed by atoms with Crippen LogP contribution in [0.2, 0.25) is 0 Å². The molecule has 0 aliphatic heterocycles. The number of unbranched alkanes of at least 4 members (excludes halogenated alkanes) is 1. The highest BCUT2D eigenvalue weighted by atomic mass is 16.5. The summed E-state index contributed by atoms with van der Waals surface area (Å²) in [6.07, 6.45) is 14.9.